The maximum absolute atomic E-state index is 11.7. The number of aromatic nitrogens is 1. The van der Waals surface area contributed by atoms with Crippen molar-refractivity contribution < 1.29 is 9.59 Å². The van der Waals surface area contributed by atoms with Gasteiger partial charge >= 0.3 is 0 Å². The first-order valence-electron chi connectivity index (χ1n) is 6.25. The fraction of sp³-hybridized carbons (Fsp3) is 0.462. The summed E-state index contributed by atoms with van der Waals surface area (Å²) in [5.41, 5.74) is 0.511. The van der Waals surface area contributed by atoms with Crippen LogP contribution in [0.5, 0.6) is 0 Å². The van der Waals surface area contributed by atoms with Crippen LogP contribution in [0.4, 0.5) is 0 Å². The first-order chi connectivity index (χ1) is 9.15. The van der Waals surface area contributed by atoms with Crippen molar-refractivity contribution in [1.29, 1.82) is 0 Å². The maximum Gasteiger partial charge on any atom is 0.252 e. The molecule has 8 heteroatoms. The molecule has 3 N–H and O–H groups in total. The predicted molar refractivity (Wildman–Crippen MR) is 87.2 cm³/mol. The van der Waals surface area contributed by atoms with Crippen molar-refractivity contribution in [3.8, 4) is 0 Å². The molecule has 0 saturated heterocycles. The zero-order valence-electron chi connectivity index (χ0n) is 12.1. The molecule has 0 aliphatic carbocycles. The monoisotopic (exact) mass is 336 g/mol. The molecule has 0 saturated carbocycles. The average Bonchev–Trinajstić information content (AvgIpc) is 2.44. The molecule has 6 nitrogen and oxygen atoms in total. The van der Waals surface area contributed by atoms with Crippen LogP contribution in [0.25, 0.3) is 0 Å². The minimum absolute atomic E-state index is 0. The van der Waals surface area contributed by atoms with Gasteiger partial charge in [-0.3, -0.25) is 14.6 Å². The second-order valence-corrected chi connectivity index (χ2v) is 4.25. The molecule has 21 heavy (non-hydrogen) atoms. The molecule has 2 amide bonds. The molecule has 0 aromatic carbocycles. The third-order valence-electron chi connectivity index (χ3n) is 2.59. The van der Waals surface area contributed by atoms with Crippen molar-refractivity contribution >= 4 is 36.6 Å². The van der Waals surface area contributed by atoms with Crippen molar-refractivity contribution in [2.24, 2.45) is 5.92 Å². The van der Waals surface area contributed by atoms with Crippen LogP contribution in [0.1, 0.15) is 17.3 Å². The first-order valence-corrected chi connectivity index (χ1v) is 6.25. The van der Waals surface area contributed by atoms with Crippen molar-refractivity contribution in [1.82, 2.24) is 20.9 Å². The smallest absolute Gasteiger partial charge is 0.252 e. The molecule has 0 radical (unpaired) electrons. The minimum Gasteiger partial charge on any atom is -0.354 e. The van der Waals surface area contributed by atoms with Gasteiger partial charge in [0.1, 0.15) is 0 Å². The molecule has 1 unspecified atom stereocenters. The van der Waals surface area contributed by atoms with Gasteiger partial charge in [0.15, 0.2) is 0 Å². The summed E-state index contributed by atoms with van der Waals surface area (Å²) in [5, 5.41) is 8.42. The second-order valence-electron chi connectivity index (χ2n) is 4.25. The number of rotatable bonds is 7. The highest BCUT2D eigenvalue weighted by Gasteiger charge is 2.10. The van der Waals surface area contributed by atoms with E-state index in [2.05, 4.69) is 20.9 Å². The normalized spacial score (nSPS) is 10.6. The number of nitrogens with zero attached hydrogens (tertiary/aromatic N) is 1. The van der Waals surface area contributed by atoms with E-state index in [9.17, 15) is 9.59 Å². The van der Waals surface area contributed by atoms with Crippen molar-refractivity contribution in [2.45, 2.75) is 6.92 Å². The van der Waals surface area contributed by atoms with E-state index < -0.39 is 0 Å². The van der Waals surface area contributed by atoms with Gasteiger partial charge in [-0.2, -0.15) is 0 Å². The highest BCUT2D eigenvalue weighted by Crippen LogP contribution is 1.94. The number of pyridine rings is 1. The first kappa shape index (κ1) is 21.9. The van der Waals surface area contributed by atoms with Gasteiger partial charge < -0.3 is 16.0 Å². The van der Waals surface area contributed by atoms with Crippen LogP contribution in [0.2, 0.25) is 0 Å². The van der Waals surface area contributed by atoms with Gasteiger partial charge in [-0.1, -0.05) is 6.92 Å². The number of halogens is 2. The van der Waals surface area contributed by atoms with Crippen LogP contribution < -0.4 is 16.0 Å². The summed E-state index contributed by atoms with van der Waals surface area (Å²) in [6, 6.07) is 3.39. The summed E-state index contributed by atoms with van der Waals surface area (Å²) >= 11 is 0. The van der Waals surface area contributed by atoms with E-state index in [1.807, 2.05) is 6.92 Å². The Hall–Kier alpha value is -1.37. The van der Waals surface area contributed by atoms with Crippen LogP contribution in [0.15, 0.2) is 24.5 Å². The molecule has 0 bridgehead atoms. The molecule has 1 heterocycles. The summed E-state index contributed by atoms with van der Waals surface area (Å²) in [6.07, 6.45) is 3.11. The summed E-state index contributed by atoms with van der Waals surface area (Å²) in [4.78, 5) is 27.1. The zero-order valence-corrected chi connectivity index (χ0v) is 13.7. The lowest BCUT2D eigenvalue weighted by Crippen LogP contribution is -2.39. The van der Waals surface area contributed by atoms with Crippen LogP contribution in [0.3, 0.4) is 0 Å². The molecule has 1 aromatic heterocycles. The fourth-order valence-corrected chi connectivity index (χ4v) is 1.53. The summed E-state index contributed by atoms with van der Waals surface area (Å²) in [6.45, 7) is 3.29. The second kappa shape index (κ2) is 12.4. The van der Waals surface area contributed by atoms with Gasteiger partial charge in [0.25, 0.3) is 5.91 Å². The number of amides is 2. The third-order valence-corrected chi connectivity index (χ3v) is 2.59. The van der Waals surface area contributed by atoms with E-state index in [0.29, 0.717) is 25.2 Å². The Labute approximate surface area is 137 Å². The quantitative estimate of drug-likeness (QED) is 0.637. The number of hydrogen-bond acceptors (Lipinski definition) is 4. The van der Waals surface area contributed by atoms with Gasteiger partial charge in [0.2, 0.25) is 5.91 Å². The lowest BCUT2D eigenvalue weighted by molar-refractivity contribution is -0.124. The molecule has 1 atom stereocenters. The van der Waals surface area contributed by atoms with Crippen molar-refractivity contribution in [2.75, 3.05) is 26.7 Å². The van der Waals surface area contributed by atoms with Gasteiger partial charge in [-0.25, -0.2) is 0 Å². The third kappa shape index (κ3) is 8.49. The number of hydrogen-bond donors (Lipinski definition) is 3. The predicted octanol–water partition coefficient (Wildman–Crippen LogP) is 0.627. The molecule has 0 spiro atoms. The van der Waals surface area contributed by atoms with Crippen LogP contribution in [-0.4, -0.2) is 43.5 Å². The van der Waals surface area contributed by atoms with Crippen LogP contribution in [0, 0.1) is 5.92 Å². The van der Waals surface area contributed by atoms with Gasteiger partial charge in [0.05, 0.1) is 5.56 Å². The van der Waals surface area contributed by atoms with E-state index in [4.69, 9.17) is 0 Å². The Balaban J connectivity index is 0. The fourth-order valence-electron chi connectivity index (χ4n) is 1.53. The Morgan fingerprint density at radius 3 is 2.48 bits per heavy atom. The van der Waals surface area contributed by atoms with Crippen molar-refractivity contribution in [3.05, 3.63) is 30.1 Å². The summed E-state index contributed by atoms with van der Waals surface area (Å²) in [7, 11) is 1.80. The number of nitrogens with one attached hydrogen (secondary N) is 3. The SMILES string of the molecule is CNCC(C)C(=O)NCCNC(=O)c1cccnc1.Cl.Cl. The largest absolute Gasteiger partial charge is 0.354 e. The molecule has 1 rings (SSSR count). The molecular formula is C13H22Cl2N4O2. The van der Waals surface area contributed by atoms with Gasteiger partial charge in [0, 0.05) is 37.9 Å². The average molecular weight is 337 g/mol. The van der Waals surface area contributed by atoms with E-state index in [1.165, 1.54) is 6.20 Å². The molecule has 0 aliphatic rings. The standard InChI is InChI=1S/C13H20N4O2.2ClH/c1-10(8-14-2)12(18)16-6-7-17-13(19)11-4-3-5-15-9-11;;/h3-5,9-10,14H,6-8H2,1-2H3,(H,16,18)(H,17,19);2*1H. The minimum atomic E-state index is -0.189. The van der Waals surface area contributed by atoms with Crippen molar-refractivity contribution in [3.63, 3.8) is 0 Å². The molecule has 0 aliphatic heterocycles. The summed E-state index contributed by atoms with van der Waals surface area (Å²) in [5.74, 6) is -0.297. The van der Waals surface area contributed by atoms with Crippen LogP contribution in [-0.2, 0) is 4.79 Å². The lowest BCUT2D eigenvalue weighted by atomic mass is 10.1. The Morgan fingerprint density at radius 1 is 1.24 bits per heavy atom. The Kier molecular flexibility index (Phi) is 12.9. The lowest BCUT2D eigenvalue weighted by Gasteiger charge is -2.11. The van der Waals surface area contributed by atoms with E-state index in [-0.39, 0.29) is 42.5 Å². The highest BCUT2D eigenvalue weighted by molar-refractivity contribution is 5.93. The molecule has 120 valence electrons. The molecule has 0 fully saturated rings. The summed E-state index contributed by atoms with van der Waals surface area (Å²) < 4.78 is 0. The van der Waals surface area contributed by atoms with Gasteiger partial charge in [-0.05, 0) is 19.2 Å². The Morgan fingerprint density at radius 2 is 1.90 bits per heavy atom. The molecular weight excluding hydrogens is 315 g/mol. The van der Waals surface area contributed by atoms with Crippen LogP contribution >= 0.6 is 24.8 Å². The van der Waals surface area contributed by atoms with E-state index in [1.54, 1.807) is 25.4 Å². The highest BCUT2D eigenvalue weighted by atomic mass is 35.5. The van der Waals surface area contributed by atoms with Gasteiger partial charge in [-0.15, -0.1) is 24.8 Å². The van der Waals surface area contributed by atoms with E-state index in [0.717, 1.165) is 0 Å². The Bertz CT molecular complexity index is 418. The maximum atomic E-state index is 11.7. The number of carbonyl (C=O) groups is 2. The van der Waals surface area contributed by atoms with E-state index >= 15 is 0 Å². The number of carbonyl (C=O) groups excluding carboxylic acids is 2. The zero-order chi connectivity index (χ0) is 14.1. The topological polar surface area (TPSA) is 83.1 Å². The molecule has 1 aromatic rings.